The van der Waals surface area contributed by atoms with E-state index in [1.54, 1.807) is 6.92 Å². The molecule has 0 saturated heterocycles. The maximum Gasteiger partial charge on any atom is 0.416 e. The summed E-state index contributed by atoms with van der Waals surface area (Å²) in [4.78, 5) is -0.727. The van der Waals surface area contributed by atoms with Crippen LogP contribution in [-0.2, 0) is 16.2 Å². The summed E-state index contributed by atoms with van der Waals surface area (Å²) >= 11 is 0. The molecule has 8 nitrogen and oxygen atoms in total. The number of nitrogens with zero attached hydrogens (tertiary/aromatic N) is 4. The molecule has 2 heterocycles. The smallest absolute Gasteiger partial charge is 0.356 e. The van der Waals surface area contributed by atoms with E-state index in [2.05, 4.69) is 20.1 Å². The average Bonchev–Trinajstić information content (AvgIpc) is 3.37. The largest absolute Gasteiger partial charge is 0.416 e. The van der Waals surface area contributed by atoms with Crippen molar-refractivity contribution in [1.29, 1.82) is 0 Å². The molecule has 1 aliphatic rings. The number of hydrogen-bond donors (Lipinski definition) is 1. The lowest BCUT2D eigenvalue weighted by Crippen LogP contribution is -2.45. The molecule has 3 aromatic rings. The zero-order valence-electron chi connectivity index (χ0n) is 17.1. The summed E-state index contributed by atoms with van der Waals surface area (Å²) in [6.07, 6.45) is -3.72. The van der Waals surface area contributed by atoms with Gasteiger partial charge in [0.1, 0.15) is 12.2 Å². The van der Waals surface area contributed by atoms with Crippen molar-refractivity contribution in [2.75, 3.05) is 0 Å². The Kier molecular flexibility index (Phi) is 5.76. The van der Waals surface area contributed by atoms with Crippen LogP contribution in [0.2, 0.25) is 0 Å². The fourth-order valence-electron chi connectivity index (χ4n) is 3.96. The Bertz CT molecular complexity index is 1240. The Morgan fingerprint density at radius 3 is 2.58 bits per heavy atom. The van der Waals surface area contributed by atoms with E-state index in [0.29, 0.717) is 11.9 Å². The van der Waals surface area contributed by atoms with E-state index in [9.17, 15) is 30.4 Å². The normalized spacial score (nSPS) is 21.3. The van der Waals surface area contributed by atoms with E-state index < -0.39 is 57.5 Å². The van der Waals surface area contributed by atoms with Crippen molar-refractivity contribution in [1.82, 2.24) is 24.6 Å². The Morgan fingerprint density at radius 1 is 1.21 bits per heavy atom. The first-order valence-electron chi connectivity index (χ1n) is 9.74. The second-order valence-electron chi connectivity index (χ2n) is 7.88. The second kappa shape index (κ2) is 8.17. The Morgan fingerprint density at radius 2 is 1.97 bits per heavy atom. The third-order valence-corrected chi connectivity index (χ3v) is 6.87. The van der Waals surface area contributed by atoms with E-state index in [-0.39, 0.29) is 17.7 Å². The summed E-state index contributed by atoms with van der Waals surface area (Å²) in [5.74, 6) is -2.90. The maximum atomic E-state index is 14.4. The van der Waals surface area contributed by atoms with E-state index in [4.69, 9.17) is 4.52 Å². The van der Waals surface area contributed by atoms with Gasteiger partial charge in [-0.1, -0.05) is 5.16 Å². The molecule has 2 unspecified atom stereocenters. The van der Waals surface area contributed by atoms with Crippen molar-refractivity contribution in [3.8, 4) is 11.3 Å². The Balaban J connectivity index is 1.67. The summed E-state index contributed by atoms with van der Waals surface area (Å²) in [6.45, 7) is 1.58. The molecule has 0 amide bonds. The van der Waals surface area contributed by atoms with Crippen LogP contribution in [0, 0.1) is 6.92 Å². The van der Waals surface area contributed by atoms with E-state index >= 15 is 0 Å². The molecule has 1 N–H and O–H groups in total. The van der Waals surface area contributed by atoms with E-state index in [0.717, 1.165) is 12.1 Å². The quantitative estimate of drug-likeness (QED) is 0.542. The predicted molar refractivity (Wildman–Crippen MR) is 104 cm³/mol. The minimum atomic E-state index is -4.85. The van der Waals surface area contributed by atoms with Gasteiger partial charge in [0.25, 0.3) is 5.92 Å². The van der Waals surface area contributed by atoms with E-state index in [1.165, 1.54) is 23.2 Å². The molecule has 1 fully saturated rings. The number of alkyl halides is 5. The predicted octanol–water partition coefficient (Wildman–Crippen LogP) is 3.97. The fourth-order valence-corrected chi connectivity index (χ4v) is 5.28. The molecular weight excluding hydrogens is 473 g/mol. The summed E-state index contributed by atoms with van der Waals surface area (Å²) in [5.41, 5.74) is -1.40. The number of halogens is 5. The number of rotatable bonds is 5. The Hall–Kier alpha value is -2.87. The molecule has 178 valence electrons. The topological polar surface area (TPSA) is 103 Å². The highest BCUT2D eigenvalue weighted by Crippen LogP contribution is 2.40. The monoisotopic (exact) mass is 491 g/mol. The van der Waals surface area contributed by atoms with Gasteiger partial charge in [0, 0.05) is 36.6 Å². The molecule has 1 aliphatic carbocycles. The first kappa shape index (κ1) is 23.3. The van der Waals surface area contributed by atoms with Gasteiger partial charge in [-0.05, 0) is 31.5 Å². The summed E-state index contributed by atoms with van der Waals surface area (Å²) in [7, 11) is -4.59. The number of aryl methyl sites for hydroxylation is 1. The fraction of sp³-hybridized carbons (Fsp3) is 0.421. The standard InChI is InChI=1S/C19H18F5N5O3S/c1-11-27-25-10-29(11)15-7-14(8-18(20,21)9-15)28-33(30,31)16-5-12(17-2-3-26-32-17)4-13(6-16)19(22,23)24/h2-6,10,14-15,28H,7-9H2,1H3. The summed E-state index contributed by atoms with van der Waals surface area (Å²) in [6, 6.07) is 1.40. The lowest BCUT2D eigenvalue weighted by molar-refractivity contribution is -0.137. The van der Waals surface area contributed by atoms with Crippen molar-refractivity contribution in [3.63, 3.8) is 0 Å². The molecule has 0 spiro atoms. The second-order valence-corrected chi connectivity index (χ2v) is 9.59. The molecule has 14 heteroatoms. The number of hydrogen-bond acceptors (Lipinski definition) is 6. The van der Waals surface area contributed by atoms with E-state index in [1.807, 2.05) is 0 Å². The van der Waals surface area contributed by atoms with Crippen LogP contribution in [0.3, 0.4) is 0 Å². The first-order valence-corrected chi connectivity index (χ1v) is 11.2. The van der Waals surface area contributed by atoms with Crippen LogP contribution in [0.25, 0.3) is 11.3 Å². The van der Waals surface area contributed by atoms with Crippen LogP contribution in [0.4, 0.5) is 22.0 Å². The summed E-state index contributed by atoms with van der Waals surface area (Å²) in [5, 5.41) is 10.8. The van der Waals surface area contributed by atoms with Gasteiger partial charge >= 0.3 is 6.18 Å². The highest BCUT2D eigenvalue weighted by atomic mass is 32.2. The molecule has 0 bridgehead atoms. The van der Waals surface area contributed by atoms with Gasteiger partial charge in [-0.2, -0.15) is 13.2 Å². The van der Waals surface area contributed by atoms with Crippen LogP contribution in [0.1, 0.15) is 36.7 Å². The van der Waals surface area contributed by atoms with Crippen LogP contribution < -0.4 is 4.72 Å². The minimum Gasteiger partial charge on any atom is -0.356 e. The zero-order valence-corrected chi connectivity index (χ0v) is 17.9. The molecule has 4 rings (SSSR count). The summed E-state index contributed by atoms with van der Waals surface area (Å²) < 4.78 is 103. The SMILES string of the molecule is Cc1nncn1C1CC(NS(=O)(=O)c2cc(-c3ccno3)cc(C(F)(F)F)c2)CC(F)(F)C1. The Labute approximate surface area is 184 Å². The lowest BCUT2D eigenvalue weighted by Gasteiger charge is -2.35. The lowest BCUT2D eigenvalue weighted by atomic mass is 9.88. The van der Waals surface area contributed by atoms with Crippen molar-refractivity contribution in [3.05, 3.63) is 48.2 Å². The maximum absolute atomic E-state index is 14.4. The third-order valence-electron chi connectivity index (χ3n) is 5.37. The van der Waals surface area contributed by atoms with Crippen LogP contribution in [0.5, 0.6) is 0 Å². The van der Waals surface area contributed by atoms with Gasteiger partial charge in [-0.3, -0.25) is 0 Å². The number of benzene rings is 1. The van der Waals surface area contributed by atoms with Crippen LogP contribution >= 0.6 is 0 Å². The first-order chi connectivity index (χ1) is 15.3. The molecule has 33 heavy (non-hydrogen) atoms. The molecule has 2 aromatic heterocycles. The molecule has 2 atom stereocenters. The van der Waals surface area contributed by atoms with Crippen LogP contribution in [0.15, 0.2) is 46.2 Å². The minimum absolute atomic E-state index is 0.0123. The number of nitrogens with one attached hydrogen (secondary N) is 1. The zero-order chi connectivity index (χ0) is 24.0. The van der Waals surface area contributed by atoms with Gasteiger partial charge in [-0.15, -0.1) is 10.2 Å². The number of aromatic nitrogens is 4. The highest BCUT2D eigenvalue weighted by Gasteiger charge is 2.44. The van der Waals surface area contributed by atoms with Crippen molar-refractivity contribution in [2.45, 2.75) is 55.3 Å². The van der Waals surface area contributed by atoms with Gasteiger partial charge in [0.15, 0.2) is 5.76 Å². The van der Waals surface area contributed by atoms with Gasteiger partial charge in [0.2, 0.25) is 10.0 Å². The molecule has 0 aliphatic heterocycles. The average molecular weight is 491 g/mol. The van der Waals surface area contributed by atoms with Gasteiger partial charge in [-0.25, -0.2) is 21.9 Å². The van der Waals surface area contributed by atoms with Gasteiger partial charge < -0.3 is 9.09 Å². The molecule has 0 radical (unpaired) electrons. The number of sulfonamides is 1. The van der Waals surface area contributed by atoms with Crippen LogP contribution in [-0.4, -0.2) is 40.3 Å². The van der Waals surface area contributed by atoms with Crippen molar-refractivity contribution < 1.29 is 34.9 Å². The van der Waals surface area contributed by atoms with Crippen molar-refractivity contribution in [2.24, 2.45) is 0 Å². The van der Waals surface area contributed by atoms with Gasteiger partial charge in [0.05, 0.1) is 16.7 Å². The molecule has 1 saturated carbocycles. The highest BCUT2D eigenvalue weighted by molar-refractivity contribution is 7.89. The molecule has 1 aromatic carbocycles. The molecular formula is C19H18F5N5O3S. The van der Waals surface area contributed by atoms with Crippen molar-refractivity contribution >= 4 is 10.0 Å². The third kappa shape index (κ3) is 5.05.